The molecule has 1 aliphatic heterocycles. The number of fused-ring (bicyclic) bond motifs is 4. The topological polar surface area (TPSA) is 71.7 Å². The van der Waals surface area contributed by atoms with Gasteiger partial charge in [-0.05, 0) is 51.2 Å². The average molecular weight is 566 g/mol. The predicted octanol–water partition coefficient (Wildman–Crippen LogP) is 4.82. The van der Waals surface area contributed by atoms with E-state index in [-0.39, 0.29) is 11.5 Å². The third kappa shape index (κ3) is 7.13. The maximum atomic E-state index is 10.7. The number of phenolic OH excluding ortho intramolecular Hbond substituents is 2. The number of rotatable bonds is 0. The monoisotopic (exact) mass is 564 g/mol. The average Bonchev–Trinajstić information content (AvgIpc) is 2.74. The van der Waals surface area contributed by atoms with Gasteiger partial charge >= 0.3 is 0 Å². The van der Waals surface area contributed by atoms with Crippen molar-refractivity contribution in [3.05, 3.63) is 55.5 Å². The molecule has 3 rings (SSSR count). The molecule has 0 aliphatic carbocycles. The highest BCUT2D eigenvalue weighted by molar-refractivity contribution is 9.10. The van der Waals surface area contributed by atoms with Crippen LogP contribution in [-0.2, 0) is 13.1 Å². The quantitative estimate of drug-likeness (QED) is 0.480. The highest BCUT2D eigenvalue weighted by atomic mass is 79.9. The number of phenols is 2. The summed E-state index contributed by atoms with van der Waals surface area (Å²) in [6.07, 6.45) is 5.30. The Kier molecular flexibility index (Phi) is 9.28. The van der Waals surface area contributed by atoms with E-state index in [1.165, 1.54) is 0 Å². The van der Waals surface area contributed by atoms with Crippen molar-refractivity contribution >= 4 is 44.3 Å². The molecule has 0 spiro atoms. The number of aromatic hydroxyl groups is 2. The lowest BCUT2D eigenvalue weighted by molar-refractivity contribution is 0.243. The van der Waals surface area contributed by atoms with Crippen molar-refractivity contribution in [2.24, 2.45) is 9.98 Å². The van der Waals surface area contributed by atoms with E-state index in [1.807, 2.05) is 38.4 Å². The maximum Gasteiger partial charge on any atom is 0.128 e. The second-order valence-electron chi connectivity index (χ2n) is 8.26. The molecular weight excluding hydrogens is 536 g/mol. The third-order valence-corrected chi connectivity index (χ3v) is 6.31. The van der Waals surface area contributed by atoms with E-state index < -0.39 is 0 Å². The summed E-state index contributed by atoms with van der Waals surface area (Å²) in [4.78, 5) is 13.3. The number of likely N-dealkylation sites (N-methyl/N-ethyl adjacent to an activating group) is 2. The molecular formula is C24H30Br2N4O2. The van der Waals surface area contributed by atoms with Crippen LogP contribution in [0.2, 0.25) is 0 Å². The zero-order chi connectivity index (χ0) is 23.1. The van der Waals surface area contributed by atoms with E-state index in [0.29, 0.717) is 26.2 Å². The van der Waals surface area contributed by atoms with Crippen molar-refractivity contribution in [3.8, 4) is 11.5 Å². The van der Waals surface area contributed by atoms with Gasteiger partial charge in [0.05, 0.1) is 0 Å². The summed E-state index contributed by atoms with van der Waals surface area (Å²) < 4.78 is 1.85. The Morgan fingerprint density at radius 2 is 1.12 bits per heavy atom. The second kappa shape index (κ2) is 11.9. The first-order valence-electron chi connectivity index (χ1n) is 10.7. The van der Waals surface area contributed by atoms with E-state index in [2.05, 4.69) is 51.6 Å². The van der Waals surface area contributed by atoms with Gasteiger partial charge in [0.1, 0.15) is 11.5 Å². The number of hydrogen-bond acceptors (Lipinski definition) is 6. The van der Waals surface area contributed by atoms with Gasteiger partial charge in [0.25, 0.3) is 0 Å². The molecule has 0 aromatic heterocycles. The van der Waals surface area contributed by atoms with E-state index in [0.717, 1.165) is 57.1 Å². The third-order valence-electron chi connectivity index (χ3n) is 5.40. The highest BCUT2D eigenvalue weighted by Crippen LogP contribution is 2.29. The minimum absolute atomic E-state index is 0.280. The maximum absolute atomic E-state index is 10.7. The fourth-order valence-electron chi connectivity index (χ4n) is 3.61. The Hall–Kier alpha value is -1.74. The van der Waals surface area contributed by atoms with Gasteiger partial charge in [0.2, 0.25) is 0 Å². The van der Waals surface area contributed by atoms with Crippen LogP contribution in [0.5, 0.6) is 11.5 Å². The lowest BCUT2D eigenvalue weighted by Gasteiger charge is -2.23. The predicted molar refractivity (Wildman–Crippen MR) is 138 cm³/mol. The van der Waals surface area contributed by atoms with Crippen LogP contribution >= 0.6 is 31.9 Å². The standard InChI is InChI=1S/C24H30Br2N4O2/c1-29-7-8-30(2)16-20-12-22(26)10-18(24(20)32)14-28-6-4-3-5-27-13-17-9-21(25)11-19(15-29)23(17)31/h9-14,31-32H,3-8,15-16H2,1-2H3. The molecule has 0 radical (unpaired) electrons. The van der Waals surface area contributed by atoms with E-state index in [9.17, 15) is 10.2 Å². The Bertz CT molecular complexity index is 915. The molecule has 32 heavy (non-hydrogen) atoms. The molecule has 0 fully saturated rings. The molecule has 0 saturated carbocycles. The van der Waals surface area contributed by atoms with Crippen molar-refractivity contribution in [3.63, 3.8) is 0 Å². The van der Waals surface area contributed by atoms with Gasteiger partial charge in [-0.15, -0.1) is 0 Å². The first-order valence-corrected chi connectivity index (χ1v) is 12.3. The molecule has 4 bridgehead atoms. The number of hydrogen-bond donors (Lipinski definition) is 2. The van der Waals surface area contributed by atoms with Crippen LogP contribution in [-0.4, -0.2) is 72.7 Å². The largest absolute Gasteiger partial charge is 0.507 e. The second-order valence-corrected chi connectivity index (χ2v) is 10.1. The van der Waals surface area contributed by atoms with Gasteiger partial charge in [-0.1, -0.05) is 31.9 Å². The lowest BCUT2D eigenvalue weighted by Crippen LogP contribution is -2.30. The van der Waals surface area contributed by atoms with Crippen LogP contribution in [0.3, 0.4) is 0 Å². The van der Waals surface area contributed by atoms with Crippen molar-refractivity contribution in [1.29, 1.82) is 0 Å². The molecule has 2 aromatic carbocycles. The number of nitrogens with zero attached hydrogens (tertiary/aromatic N) is 4. The van der Waals surface area contributed by atoms with Crippen LogP contribution < -0.4 is 0 Å². The molecule has 1 heterocycles. The molecule has 1 aliphatic rings. The summed E-state index contributed by atoms with van der Waals surface area (Å²) >= 11 is 7.11. The van der Waals surface area contributed by atoms with Crippen LogP contribution in [0, 0.1) is 0 Å². The molecule has 8 heteroatoms. The fraction of sp³-hybridized carbons (Fsp3) is 0.417. The van der Waals surface area contributed by atoms with E-state index in [1.54, 1.807) is 12.4 Å². The minimum Gasteiger partial charge on any atom is -0.507 e. The smallest absolute Gasteiger partial charge is 0.128 e. The fourth-order valence-corrected chi connectivity index (χ4v) is 4.65. The molecule has 0 unspecified atom stereocenters. The summed E-state index contributed by atoms with van der Waals surface area (Å²) in [6, 6.07) is 7.70. The molecule has 0 amide bonds. The van der Waals surface area contributed by atoms with Gasteiger partial charge in [-0.3, -0.25) is 9.98 Å². The Morgan fingerprint density at radius 3 is 1.53 bits per heavy atom. The number of halogens is 2. The van der Waals surface area contributed by atoms with Crippen molar-refractivity contribution in [2.45, 2.75) is 25.9 Å². The Balaban J connectivity index is 1.83. The first-order chi connectivity index (χ1) is 15.3. The summed E-state index contributed by atoms with van der Waals surface area (Å²) in [5, 5.41) is 21.5. The van der Waals surface area contributed by atoms with Gasteiger partial charge in [-0.25, -0.2) is 0 Å². The molecule has 0 atom stereocenters. The summed E-state index contributed by atoms with van der Waals surface area (Å²) in [5.74, 6) is 0.561. The van der Waals surface area contributed by atoms with E-state index >= 15 is 0 Å². The van der Waals surface area contributed by atoms with Crippen LogP contribution in [0.25, 0.3) is 0 Å². The summed E-state index contributed by atoms with van der Waals surface area (Å²) in [7, 11) is 4.08. The first kappa shape index (κ1) is 24.9. The van der Waals surface area contributed by atoms with Gasteiger partial charge in [0.15, 0.2) is 0 Å². The van der Waals surface area contributed by atoms with Crippen LogP contribution in [0.15, 0.2) is 43.2 Å². The minimum atomic E-state index is 0.280. The molecule has 2 aromatic rings. The summed E-state index contributed by atoms with van der Waals surface area (Å²) in [6.45, 7) is 4.24. The number of benzene rings is 2. The Labute approximate surface area is 206 Å². The zero-order valence-electron chi connectivity index (χ0n) is 18.6. The van der Waals surface area contributed by atoms with Crippen molar-refractivity contribution in [2.75, 3.05) is 40.3 Å². The van der Waals surface area contributed by atoms with Gasteiger partial charge in [-0.2, -0.15) is 0 Å². The summed E-state index contributed by atoms with van der Waals surface area (Å²) in [5.41, 5.74) is 3.19. The van der Waals surface area contributed by atoms with Crippen molar-refractivity contribution < 1.29 is 10.2 Å². The Morgan fingerprint density at radius 1 is 0.719 bits per heavy atom. The molecule has 2 N–H and O–H groups in total. The van der Waals surface area contributed by atoms with Crippen LogP contribution in [0.1, 0.15) is 35.1 Å². The number of aliphatic imine (C=N–C) groups is 2. The SMILES string of the molecule is CN1CCN(C)Cc2cc(Br)cc(c2O)C=NCCCCN=Cc2cc(Br)cc(c2O)C1. The van der Waals surface area contributed by atoms with E-state index in [4.69, 9.17) is 0 Å². The zero-order valence-corrected chi connectivity index (χ0v) is 21.7. The normalized spacial score (nSPS) is 17.4. The van der Waals surface area contributed by atoms with Gasteiger partial charge < -0.3 is 20.0 Å². The molecule has 172 valence electrons. The highest BCUT2D eigenvalue weighted by Gasteiger charge is 2.13. The molecule has 6 nitrogen and oxygen atoms in total. The molecule has 0 saturated heterocycles. The van der Waals surface area contributed by atoms with Crippen molar-refractivity contribution in [1.82, 2.24) is 9.80 Å². The van der Waals surface area contributed by atoms with Gasteiger partial charge in [0, 0.05) is 82.9 Å². The van der Waals surface area contributed by atoms with Crippen LogP contribution in [0.4, 0.5) is 0 Å². The lowest BCUT2D eigenvalue weighted by atomic mass is 10.1.